The van der Waals surface area contributed by atoms with Crippen molar-refractivity contribution in [2.24, 2.45) is 11.8 Å². The van der Waals surface area contributed by atoms with Crippen molar-refractivity contribution in [3.8, 4) is 0 Å². The van der Waals surface area contributed by atoms with Crippen LogP contribution in [0.5, 0.6) is 0 Å². The van der Waals surface area contributed by atoms with Crippen LogP contribution in [0.3, 0.4) is 0 Å². The summed E-state index contributed by atoms with van der Waals surface area (Å²) in [5, 5.41) is 2.65. The van der Waals surface area contributed by atoms with Gasteiger partial charge in [-0.25, -0.2) is 8.78 Å². The Balaban J connectivity index is 1.61. The number of carbonyl (C=O) groups is 1. The smallest absolute Gasteiger partial charge is 0.257 e. The predicted octanol–water partition coefficient (Wildman–Crippen LogP) is 2.95. The van der Waals surface area contributed by atoms with Gasteiger partial charge >= 0.3 is 0 Å². The van der Waals surface area contributed by atoms with Crippen LogP contribution >= 0.6 is 11.8 Å². The summed E-state index contributed by atoms with van der Waals surface area (Å²) < 4.78 is 32.7. The van der Waals surface area contributed by atoms with Crippen LogP contribution in [-0.4, -0.2) is 36.5 Å². The largest absolute Gasteiger partial charge is 0.376 e. The number of benzene rings is 1. The minimum Gasteiger partial charge on any atom is -0.376 e. The second kappa shape index (κ2) is 7.92. The van der Waals surface area contributed by atoms with Gasteiger partial charge in [0, 0.05) is 30.9 Å². The Hall–Kier alpha value is -1.14. The number of carbonyl (C=O) groups excluding carboxylic acids is 1. The van der Waals surface area contributed by atoms with Gasteiger partial charge < -0.3 is 10.1 Å². The van der Waals surface area contributed by atoms with Gasteiger partial charge in [-0.05, 0) is 5.56 Å². The fraction of sp³-hybridized carbons (Fsp3) is 0.562. The van der Waals surface area contributed by atoms with E-state index < -0.39 is 17.8 Å². The predicted molar refractivity (Wildman–Crippen MR) is 84.0 cm³/mol. The molecule has 0 spiro atoms. The lowest BCUT2D eigenvalue weighted by Gasteiger charge is -2.03. The molecule has 0 aliphatic heterocycles. The van der Waals surface area contributed by atoms with Crippen molar-refractivity contribution in [3.63, 3.8) is 0 Å². The zero-order chi connectivity index (χ0) is 16.0. The average Bonchev–Trinajstić information content (AvgIpc) is 3.00. The summed E-state index contributed by atoms with van der Waals surface area (Å²) >= 11 is 1.45. The lowest BCUT2D eigenvalue weighted by Crippen LogP contribution is -2.22. The number of hydrogen-bond acceptors (Lipinski definition) is 3. The Kier molecular flexibility index (Phi) is 6.20. The molecular formula is C16H21F2NO2S. The number of hydrogen-bond donors (Lipinski definition) is 1. The summed E-state index contributed by atoms with van der Waals surface area (Å²) in [6.45, 7) is 2.43. The fourth-order valence-electron chi connectivity index (χ4n) is 2.30. The summed E-state index contributed by atoms with van der Waals surface area (Å²) in [5.74, 6) is -2.92. The zero-order valence-corrected chi connectivity index (χ0v) is 13.4. The molecule has 0 heterocycles. The minimum atomic E-state index is -2.61. The van der Waals surface area contributed by atoms with E-state index in [1.54, 1.807) is 0 Å². The molecule has 0 aromatic heterocycles. The lowest BCUT2D eigenvalue weighted by molar-refractivity contribution is -0.118. The molecule has 1 aliphatic rings. The Labute approximate surface area is 133 Å². The zero-order valence-electron chi connectivity index (χ0n) is 12.6. The Morgan fingerprint density at radius 3 is 2.73 bits per heavy atom. The molecule has 1 fully saturated rings. The highest BCUT2D eigenvalue weighted by Crippen LogP contribution is 2.56. The molecular weight excluding hydrogens is 308 g/mol. The van der Waals surface area contributed by atoms with E-state index in [9.17, 15) is 13.6 Å². The molecule has 1 N–H and O–H groups in total. The van der Waals surface area contributed by atoms with Gasteiger partial charge in [-0.15, -0.1) is 0 Å². The van der Waals surface area contributed by atoms with Crippen molar-refractivity contribution in [2.75, 3.05) is 24.7 Å². The van der Waals surface area contributed by atoms with Gasteiger partial charge in [0.1, 0.15) is 0 Å². The first-order valence-electron chi connectivity index (χ1n) is 7.33. The second-order valence-corrected chi connectivity index (χ2v) is 6.60. The molecule has 1 amide bonds. The second-order valence-electron chi connectivity index (χ2n) is 5.45. The number of halogens is 2. The summed E-state index contributed by atoms with van der Waals surface area (Å²) in [4.78, 5) is 10.7. The number of thioether (sulfide) groups is 1. The molecule has 3 nitrogen and oxygen atoms in total. The van der Waals surface area contributed by atoms with Crippen molar-refractivity contribution in [2.45, 2.75) is 19.5 Å². The minimum absolute atomic E-state index is 0.0930. The highest BCUT2D eigenvalue weighted by molar-refractivity contribution is 7.99. The number of amides is 1. The van der Waals surface area contributed by atoms with Crippen LogP contribution in [0, 0.1) is 11.8 Å². The SMILES string of the molecule is CC(=O)NCCSC[C@@H]1[C@@H](COCc2ccccc2)C1(F)F. The third-order valence-electron chi connectivity index (χ3n) is 3.69. The first-order chi connectivity index (χ1) is 10.5. The fourth-order valence-corrected chi connectivity index (χ4v) is 3.42. The van der Waals surface area contributed by atoms with E-state index in [2.05, 4.69) is 5.32 Å². The Morgan fingerprint density at radius 1 is 1.32 bits per heavy atom. The topological polar surface area (TPSA) is 38.3 Å². The maximum Gasteiger partial charge on any atom is 0.257 e. The summed E-state index contributed by atoms with van der Waals surface area (Å²) in [6, 6.07) is 9.55. The van der Waals surface area contributed by atoms with E-state index in [0.29, 0.717) is 24.7 Å². The van der Waals surface area contributed by atoms with Crippen molar-refractivity contribution >= 4 is 17.7 Å². The summed E-state index contributed by atoms with van der Waals surface area (Å²) in [6.07, 6.45) is 0. The Bertz CT molecular complexity index is 484. The van der Waals surface area contributed by atoms with Crippen LogP contribution in [-0.2, 0) is 16.1 Å². The average molecular weight is 329 g/mol. The molecule has 0 unspecified atom stereocenters. The molecule has 1 aromatic rings. The summed E-state index contributed by atoms with van der Waals surface area (Å²) in [5.41, 5.74) is 0.993. The van der Waals surface area contributed by atoms with Crippen LogP contribution in [0.15, 0.2) is 30.3 Å². The maximum atomic E-state index is 13.7. The van der Waals surface area contributed by atoms with E-state index in [0.717, 1.165) is 5.56 Å². The number of alkyl halides is 2. The molecule has 2 atom stereocenters. The van der Waals surface area contributed by atoms with Gasteiger partial charge in [-0.1, -0.05) is 30.3 Å². The van der Waals surface area contributed by atoms with Crippen LogP contribution in [0.1, 0.15) is 12.5 Å². The number of ether oxygens (including phenoxy) is 1. The molecule has 0 radical (unpaired) electrons. The molecule has 2 rings (SSSR count). The molecule has 1 aromatic carbocycles. The summed E-state index contributed by atoms with van der Waals surface area (Å²) in [7, 11) is 0. The van der Waals surface area contributed by atoms with Crippen LogP contribution < -0.4 is 5.32 Å². The van der Waals surface area contributed by atoms with Crippen LogP contribution in [0.4, 0.5) is 8.78 Å². The van der Waals surface area contributed by atoms with Crippen molar-refractivity contribution in [1.82, 2.24) is 5.32 Å². The molecule has 0 saturated heterocycles. The molecule has 1 saturated carbocycles. The van der Waals surface area contributed by atoms with Crippen molar-refractivity contribution in [3.05, 3.63) is 35.9 Å². The van der Waals surface area contributed by atoms with Gasteiger partial charge in [0.25, 0.3) is 5.92 Å². The van der Waals surface area contributed by atoms with Crippen molar-refractivity contribution < 1.29 is 18.3 Å². The standard InChI is InChI=1S/C16H21F2NO2S/c1-12(20)19-7-8-22-11-15-14(16(15,17)18)10-21-9-13-5-3-2-4-6-13/h2-6,14-15H,7-11H2,1H3,(H,19,20)/t14-,15-/m1/s1. The van der Waals surface area contributed by atoms with Crippen LogP contribution in [0.2, 0.25) is 0 Å². The molecule has 0 bridgehead atoms. The van der Waals surface area contributed by atoms with Gasteiger partial charge in [-0.3, -0.25) is 4.79 Å². The van der Waals surface area contributed by atoms with E-state index >= 15 is 0 Å². The van der Waals surface area contributed by atoms with Gasteiger partial charge in [-0.2, -0.15) is 11.8 Å². The van der Waals surface area contributed by atoms with E-state index in [-0.39, 0.29) is 12.5 Å². The monoisotopic (exact) mass is 329 g/mol. The number of rotatable bonds is 9. The van der Waals surface area contributed by atoms with Gasteiger partial charge in [0.2, 0.25) is 5.91 Å². The number of nitrogens with one attached hydrogen (secondary N) is 1. The first kappa shape index (κ1) is 17.2. The maximum absolute atomic E-state index is 13.7. The Morgan fingerprint density at radius 2 is 2.05 bits per heavy atom. The lowest BCUT2D eigenvalue weighted by atomic mass is 10.2. The third-order valence-corrected chi connectivity index (χ3v) is 4.78. The van der Waals surface area contributed by atoms with E-state index in [1.165, 1.54) is 18.7 Å². The van der Waals surface area contributed by atoms with E-state index in [4.69, 9.17) is 4.74 Å². The van der Waals surface area contributed by atoms with Crippen LogP contribution in [0.25, 0.3) is 0 Å². The van der Waals surface area contributed by atoms with Gasteiger partial charge in [0.05, 0.1) is 19.1 Å². The third kappa shape index (κ3) is 4.95. The molecule has 122 valence electrons. The first-order valence-corrected chi connectivity index (χ1v) is 8.49. The quantitative estimate of drug-likeness (QED) is 0.708. The highest BCUT2D eigenvalue weighted by atomic mass is 32.2. The molecule has 6 heteroatoms. The van der Waals surface area contributed by atoms with Gasteiger partial charge in [0.15, 0.2) is 0 Å². The normalized spacial score (nSPS) is 22.3. The molecule has 1 aliphatic carbocycles. The van der Waals surface area contributed by atoms with Crippen molar-refractivity contribution in [1.29, 1.82) is 0 Å². The highest BCUT2D eigenvalue weighted by Gasteiger charge is 2.67. The molecule has 22 heavy (non-hydrogen) atoms. The van der Waals surface area contributed by atoms with E-state index in [1.807, 2.05) is 30.3 Å².